The Kier molecular flexibility index (Phi) is 6.47. The van der Waals surface area contributed by atoms with Gasteiger partial charge in [-0.3, -0.25) is 25.0 Å². The fourth-order valence-corrected chi connectivity index (χ4v) is 4.40. The largest absolute Gasteiger partial charge is 0.312 e. The minimum Gasteiger partial charge on any atom is -0.312 e. The number of halogens is 1. The van der Waals surface area contributed by atoms with Gasteiger partial charge in [-0.15, -0.1) is 10.2 Å². The monoisotopic (exact) mass is 483 g/mol. The normalized spacial score (nSPS) is 15.9. The summed E-state index contributed by atoms with van der Waals surface area (Å²) in [4.78, 5) is 36.8. The minimum atomic E-state index is -0.498. The van der Waals surface area contributed by atoms with E-state index in [1.165, 1.54) is 35.6 Å². The zero-order valence-electron chi connectivity index (χ0n) is 17.4. The fraction of sp³-hybridized carbons (Fsp3) is 0.182. The molecule has 1 aromatic heterocycles. The lowest BCUT2D eigenvalue weighted by Gasteiger charge is -2.17. The van der Waals surface area contributed by atoms with Crippen LogP contribution in [0.4, 0.5) is 16.5 Å². The van der Waals surface area contributed by atoms with Crippen molar-refractivity contribution in [2.24, 2.45) is 0 Å². The summed E-state index contributed by atoms with van der Waals surface area (Å²) in [5.41, 5.74) is 2.15. The van der Waals surface area contributed by atoms with E-state index in [4.69, 9.17) is 11.6 Å². The fourth-order valence-electron chi connectivity index (χ4n) is 3.38. The molecule has 9 nitrogen and oxygen atoms in total. The molecule has 11 heteroatoms. The smallest absolute Gasteiger partial charge is 0.270 e. The Hall–Kier alpha value is -3.63. The zero-order valence-corrected chi connectivity index (χ0v) is 19.0. The van der Waals surface area contributed by atoms with E-state index in [1.807, 2.05) is 19.1 Å². The highest BCUT2D eigenvalue weighted by Crippen LogP contribution is 2.35. The first-order chi connectivity index (χ1) is 15.8. The lowest BCUT2D eigenvalue weighted by molar-refractivity contribution is -0.384. The molecule has 1 unspecified atom stereocenters. The number of carbonyl (C=O) groups excluding carboxylic acids is 2. The average Bonchev–Trinajstić information content (AvgIpc) is 3.41. The summed E-state index contributed by atoms with van der Waals surface area (Å²) in [6.45, 7) is 2.35. The molecule has 1 aliphatic heterocycles. The van der Waals surface area contributed by atoms with Crippen LogP contribution in [0.5, 0.6) is 0 Å². The maximum atomic E-state index is 12.5. The maximum absolute atomic E-state index is 12.5. The van der Waals surface area contributed by atoms with Crippen molar-refractivity contribution in [3.05, 3.63) is 79.8 Å². The van der Waals surface area contributed by atoms with Gasteiger partial charge in [0.15, 0.2) is 0 Å². The second-order valence-electron chi connectivity index (χ2n) is 7.46. The van der Waals surface area contributed by atoms with Crippen LogP contribution in [-0.4, -0.2) is 33.5 Å². The number of nitrogens with one attached hydrogen (secondary N) is 1. The van der Waals surface area contributed by atoms with Crippen molar-refractivity contribution in [3.8, 4) is 0 Å². The molecule has 0 saturated carbocycles. The number of amides is 2. The Morgan fingerprint density at radius 1 is 1.30 bits per heavy atom. The molecule has 0 bridgehead atoms. The first kappa shape index (κ1) is 22.6. The van der Waals surface area contributed by atoms with Gasteiger partial charge in [-0.25, -0.2) is 0 Å². The van der Waals surface area contributed by atoms with E-state index in [0.717, 1.165) is 11.3 Å². The van der Waals surface area contributed by atoms with Crippen LogP contribution >= 0.6 is 22.9 Å². The lowest BCUT2D eigenvalue weighted by atomic mass is 10.1. The number of anilines is 2. The Morgan fingerprint density at radius 2 is 2.12 bits per heavy atom. The summed E-state index contributed by atoms with van der Waals surface area (Å²) in [6.07, 6.45) is 3.04. The highest BCUT2D eigenvalue weighted by atomic mass is 35.5. The number of benzene rings is 2. The lowest BCUT2D eigenvalue weighted by Crippen LogP contribution is -2.24. The van der Waals surface area contributed by atoms with E-state index in [0.29, 0.717) is 33.7 Å². The molecular weight excluding hydrogens is 466 g/mol. The van der Waals surface area contributed by atoms with Crippen molar-refractivity contribution in [1.82, 2.24) is 10.2 Å². The molecule has 33 heavy (non-hydrogen) atoms. The van der Waals surface area contributed by atoms with E-state index in [-0.39, 0.29) is 17.5 Å². The number of rotatable bonds is 6. The first-order valence-electron chi connectivity index (χ1n) is 9.93. The van der Waals surface area contributed by atoms with Crippen LogP contribution in [0.2, 0.25) is 5.02 Å². The third-order valence-corrected chi connectivity index (χ3v) is 6.53. The highest BCUT2D eigenvalue weighted by Gasteiger charge is 2.34. The van der Waals surface area contributed by atoms with Gasteiger partial charge in [-0.05, 0) is 36.3 Å². The van der Waals surface area contributed by atoms with Crippen LogP contribution in [-0.2, 0) is 9.59 Å². The highest BCUT2D eigenvalue weighted by molar-refractivity contribution is 7.15. The van der Waals surface area contributed by atoms with Crippen molar-refractivity contribution in [2.45, 2.75) is 19.3 Å². The molecular formula is C22H18ClN5O4S. The van der Waals surface area contributed by atoms with Gasteiger partial charge >= 0.3 is 0 Å². The number of hydrogen-bond acceptors (Lipinski definition) is 7. The van der Waals surface area contributed by atoms with Crippen LogP contribution in [0.1, 0.15) is 28.5 Å². The topological polar surface area (TPSA) is 118 Å². The molecule has 2 heterocycles. The number of nitro groups is 1. The minimum absolute atomic E-state index is 0.0272. The summed E-state index contributed by atoms with van der Waals surface area (Å²) in [5, 5.41) is 23.2. The molecule has 168 valence electrons. The molecule has 1 fully saturated rings. The zero-order chi connectivity index (χ0) is 23.5. The third kappa shape index (κ3) is 5.24. The van der Waals surface area contributed by atoms with Crippen LogP contribution in [0.25, 0.3) is 6.08 Å². The number of non-ortho nitro benzene ring substituents is 1. The molecule has 1 N–H and O–H groups in total. The Balaban J connectivity index is 1.39. The second-order valence-corrected chi connectivity index (χ2v) is 8.88. The summed E-state index contributed by atoms with van der Waals surface area (Å²) in [7, 11) is 0. The molecule has 2 amide bonds. The molecule has 2 aromatic carbocycles. The number of nitrogens with zero attached hydrogens (tertiary/aromatic N) is 4. The number of carbonyl (C=O) groups is 2. The number of hydrogen-bond donors (Lipinski definition) is 1. The van der Waals surface area contributed by atoms with E-state index in [9.17, 15) is 19.7 Å². The first-order valence-corrected chi connectivity index (χ1v) is 11.1. The van der Waals surface area contributed by atoms with Gasteiger partial charge in [0, 0.05) is 47.8 Å². The number of aromatic nitrogens is 2. The van der Waals surface area contributed by atoms with Crippen molar-refractivity contribution in [1.29, 1.82) is 0 Å². The van der Waals surface area contributed by atoms with Crippen LogP contribution < -0.4 is 10.2 Å². The SMILES string of the molecule is Cc1ccc(N2CC(c3nnc(NC(=O)/C=C/c4cccc([N+](=O)[O-])c4)s3)CC2=O)cc1Cl. The summed E-state index contributed by atoms with van der Waals surface area (Å²) in [5.74, 6) is -0.607. The Bertz CT molecular complexity index is 1280. The van der Waals surface area contributed by atoms with Crippen molar-refractivity contribution < 1.29 is 14.5 Å². The van der Waals surface area contributed by atoms with Crippen molar-refractivity contribution >= 4 is 57.3 Å². The van der Waals surface area contributed by atoms with E-state index >= 15 is 0 Å². The molecule has 4 rings (SSSR count). The molecule has 1 saturated heterocycles. The van der Waals surface area contributed by atoms with E-state index < -0.39 is 10.8 Å². The van der Waals surface area contributed by atoms with Gasteiger partial charge in [-0.1, -0.05) is 41.1 Å². The summed E-state index contributed by atoms with van der Waals surface area (Å²) in [6, 6.07) is 11.5. The summed E-state index contributed by atoms with van der Waals surface area (Å²) >= 11 is 7.41. The third-order valence-electron chi connectivity index (χ3n) is 5.12. The van der Waals surface area contributed by atoms with Gasteiger partial charge in [0.25, 0.3) is 5.69 Å². The molecule has 0 spiro atoms. The van der Waals surface area contributed by atoms with Gasteiger partial charge in [-0.2, -0.15) is 0 Å². The number of nitro benzene ring substituents is 1. The number of aryl methyl sites for hydroxylation is 1. The van der Waals surface area contributed by atoms with Crippen LogP contribution in [0.3, 0.4) is 0 Å². The van der Waals surface area contributed by atoms with Crippen molar-refractivity contribution in [2.75, 3.05) is 16.8 Å². The van der Waals surface area contributed by atoms with Crippen LogP contribution in [0.15, 0.2) is 48.5 Å². The molecule has 0 aliphatic carbocycles. The maximum Gasteiger partial charge on any atom is 0.270 e. The van der Waals surface area contributed by atoms with Crippen LogP contribution in [0, 0.1) is 17.0 Å². The molecule has 0 radical (unpaired) electrons. The van der Waals surface area contributed by atoms with Gasteiger partial charge in [0.1, 0.15) is 5.01 Å². The van der Waals surface area contributed by atoms with E-state index in [1.54, 1.807) is 23.1 Å². The van der Waals surface area contributed by atoms with Gasteiger partial charge in [0.2, 0.25) is 16.9 Å². The predicted molar refractivity (Wildman–Crippen MR) is 127 cm³/mol. The quantitative estimate of drug-likeness (QED) is 0.311. The standard InChI is InChI=1S/C22H18ClN5O4S/c1-13-5-7-16(11-18(13)23)27-12-15(10-20(27)30)21-25-26-22(33-21)24-19(29)8-6-14-3-2-4-17(9-14)28(31)32/h2-9,11,15H,10,12H2,1H3,(H,24,26,29)/b8-6+. The van der Waals surface area contributed by atoms with Crippen molar-refractivity contribution in [3.63, 3.8) is 0 Å². The molecule has 1 aliphatic rings. The Labute approximate surface area is 197 Å². The Morgan fingerprint density at radius 3 is 2.88 bits per heavy atom. The second kappa shape index (κ2) is 9.47. The molecule has 1 atom stereocenters. The van der Waals surface area contributed by atoms with Gasteiger partial charge < -0.3 is 4.90 Å². The van der Waals surface area contributed by atoms with E-state index in [2.05, 4.69) is 15.5 Å². The predicted octanol–water partition coefficient (Wildman–Crippen LogP) is 4.58. The average molecular weight is 484 g/mol. The van der Waals surface area contributed by atoms with Gasteiger partial charge in [0.05, 0.1) is 4.92 Å². The summed E-state index contributed by atoms with van der Waals surface area (Å²) < 4.78 is 0. The molecule has 3 aromatic rings.